The van der Waals surface area contributed by atoms with Crippen molar-refractivity contribution in [3.8, 4) is 0 Å². The Kier molecular flexibility index (Phi) is 14.5. The molecule has 57 heavy (non-hydrogen) atoms. The van der Waals surface area contributed by atoms with E-state index in [-0.39, 0.29) is 18.5 Å². The van der Waals surface area contributed by atoms with E-state index in [1.807, 2.05) is 42.5 Å². The first-order valence-corrected chi connectivity index (χ1v) is 19.9. The fraction of sp³-hybridized carbons (Fsp3) is 0.326. The number of urea groups is 1. The number of nitrogens with one attached hydrogen (secondary N) is 4. The highest BCUT2D eigenvalue weighted by atomic mass is 35.5. The largest absolute Gasteiger partial charge is 0.350 e. The molecule has 2 heterocycles. The van der Waals surface area contributed by atoms with Gasteiger partial charge in [-0.1, -0.05) is 71.7 Å². The summed E-state index contributed by atoms with van der Waals surface area (Å²) in [6.07, 6.45) is 5.72. The zero-order valence-corrected chi connectivity index (χ0v) is 33.0. The molecular formula is C43H47Cl2F2N7O3. The van der Waals surface area contributed by atoms with Gasteiger partial charge in [-0.15, -0.1) is 0 Å². The number of nitrogens with zero attached hydrogens (tertiary/aromatic N) is 2. The molecule has 0 radical (unpaired) electrons. The molecular weight excluding hydrogens is 771 g/mol. The molecule has 300 valence electrons. The summed E-state index contributed by atoms with van der Waals surface area (Å²) < 4.78 is 30.2. The molecule has 1 aliphatic heterocycles. The van der Waals surface area contributed by atoms with Crippen molar-refractivity contribution in [1.29, 1.82) is 0 Å². The van der Waals surface area contributed by atoms with Crippen LogP contribution in [0.25, 0.3) is 10.9 Å². The zero-order chi connectivity index (χ0) is 40.3. The van der Waals surface area contributed by atoms with Gasteiger partial charge in [0.05, 0.1) is 12.1 Å². The number of halogens is 4. The number of likely N-dealkylation sites (tertiary alicyclic amines) is 1. The summed E-state index contributed by atoms with van der Waals surface area (Å²) in [5, 5.41) is 13.3. The molecule has 1 saturated heterocycles. The molecule has 1 aromatic heterocycles. The van der Waals surface area contributed by atoms with Gasteiger partial charge in [0.25, 0.3) is 0 Å². The van der Waals surface area contributed by atoms with E-state index >= 15 is 0 Å². The fourth-order valence-electron chi connectivity index (χ4n) is 7.12. The summed E-state index contributed by atoms with van der Waals surface area (Å²) in [5.74, 6) is -3.20. The molecule has 0 aliphatic carbocycles. The van der Waals surface area contributed by atoms with Crippen molar-refractivity contribution < 1.29 is 23.2 Å². The van der Waals surface area contributed by atoms with Gasteiger partial charge in [-0.05, 0) is 105 Å². The van der Waals surface area contributed by atoms with Crippen LogP contribution in [0.15, 0.2) is 91.1 Å². The van der Waals surface area contributed by atoms with E-state index in [0.29, 0.717) is 48.1 Å². The van der Waals surface area contributed by atoms with E-state index in [4.69, 9.17) is 28.9 Å². The lowest BCUT2D eigenvalue weighted by molar-refractivity contribution is -0.130. The number of amides is 4. The maximum atomic E-state index is 14.3. The molecule has 4 amide bonds. The third kappa shape index (κ3) is 11.3. The van der Waals surface area contributed by atoms with Gasteiger partial charge >= 0.3 is 6.03 Å². The predicted octanol–water partition coefficient (Wildman–Crippen LogP) is 7.53. The van der Waals surface area contributed by atoms with E-state index < -0.39 is 41.6 Å². The van der Waals surface area contributed by atoms with Gasteiger partial charge in [-0.2, -0.15) is 0 Å². The van der Waals surface area contributed by atoms with Gasteiger partial charge < -0.3 is 31.6 Å². The summed E-state index contributed by atoms with van der Waals surface area (Å²) in [4.78, 5) is 43.4. The highest BCUT2D eigenvalue weighted by molar-refractivity contribution is 6.36. The number of fused-ring (bicyclic) bond motifs is 1. The topological polar surface area (TPSA) is 134 Å². The van der Waals surface area contributed by atoms with Crippen LogP contribution in [0.5, 0.6) is 0 Å². The number of carbonyl (C=O) groups is 3. The molecule has 0 bridgehead atoms. The third-order valence-corrected chi connectivity index (χ3v) is 10.8. The second-order valence-corrected chi connectivity index (χ2v) is 15.2. The molecule has 1 fully saturated rings. The minimum atomic E-state index is -1.27. The Bertz CT molecular complexity index is 2160. The minimum Gasteiger partial charge on any atom is -0.350 e. The van der Waals surface area contributed by atoms with Gasteiger partial charge in [0.1, 0.15) is 12.1 Å². The number of aromatic nitrogens is 1. The number of carbonyl (C=O) groups excluding carboxylic acids is 3. The Morgan fingerprint density at radius 1 is 0.772 bits per heavy atom. The smallest absolute Gasteiger partial charge is 0.319 e. The Hall–Kier alpha value is -5.01. The highest BCUT2D eigenvalue weighted by Gasteiger charge is 2.28. The van der Waals surface area contributed by atoms with Crippen molar-refractivity contribution in [3.05, 3.63) is 135 Å². The minimum absolute atomic E-state index is 0.183. The Balaban J connectivity index is 1.23. The van der Waals surface area contributed by atoms with Gasteiger partial charge in [-0.3, -0.25) is 14.5 Å². The van der Waals surface area contributed by atoms with Gasteiger partial charge in [0, 0.05) is 52.4 Å². The summed E-state index contributed by atoms with van der Waals surface area (Å²) >= 11 is 13.1. The van der Waals surface area contributed by atoms with Gasteiger partial charge in [0.2, 0.25) is 11.8 Å². The van der Waals surface area contributed by atoms with E-state index in [9.17, 15) is 23.2 Å². The van der Waals surface area contributed by atoms with Crippen LogP contribution in [0.3, 0.4) is 0 Å². The van der Waals surface area contributed by atoms with Crippen molar-refractivity contribution in [1.82, 2.24) is 25.4 Å². The first-order valence-electron chi connectivity index (χ1n) is 19.2. The fourth-order valence-corrected chi connectivity index (χ4v) is 7.63. The monoisotopic (exact) mass is 817 g/mol. The molecule has 6 N–H and O–H groups in total. The molecule has 6 rings (SSSR count). The molecule has 5 aromatic rings. The van der Waals surface area contributed by atoms with Gasteiger partial charge in [-0.25, -0.2) is 13.6 Å². The Morgan fingerprint density at radius 2 is 1.53 bits per heavy atom. The highest BCUT2D eigenvalue weighted by Crippen LogP contribution is 2.31. The van der Waals surface area contributed by atoms with E-state index in [1.165, 1.54) is 6.07 Å². The predicted molar refractivity (Wildman–Crippen MR) is 221 cm³/mol. The van der Waals surface area contributed by atoms with E-state index in [2.05, 4.69) is 36.9 Å². The van der Waals surface area contributed by atoms with Crippen LogP contribution >= 0.6 is 23.2 Å². The quantitative estimate of drug-likeness (QED) is 0.0619. The standard InChI is InChI=1S/C43H47Cl2F2N7O3/c44-34-11-8-12-35(45)33(34)27-54-26-30(25-53-19-6-7-20-53)32-16-15-31(23-40(32)54)50-43(57)52-39(22-29-14-17-36(46)37(47)21-29)42(56)51-38(13-4-5-18-48)41(55)49-24-28-9-2-1-3-10-28/h1-3,8-12,14-17,21,23,26,38-39H,4-7,13,18-20,22,24-25,27,48H2,(H,49,55)(H,51,56)(H2,50,52,57)/t38-,39-/m0/s1. The SMILES string of the molecule is NCCCC[C@H](NC(=O)[C@H](Cc1ccc(F)c(F)c1)NC(=O)Nc1ccc2c(CN3CCCC3)cn(Cc3c(Cl)cccc3Cl)c2c1)C(=O)NCc1ccccc1. The van der Waals surface area contributed by atoms with Crippen LogP contribution < -0.4 is 27.0 Å². The summed E-state index contributed by atoms with van der Waals surface area (Å²) in [6, 6.07) is 20.7. The van der Waals surface area contributed by atoms with Crippen molar-refractivity contribution in [2.75, 3.05) is 25.0 Å². The van der Waals surface area contributed by atoms with Crippen LogP contribution in [0.4, 0.5) is 19.3 Å². The van der Waals surface area contributed by atoms with Crippen molar-refractivity contribution in [2.24, 2.45) is 5.73 Å². The molecule has 1 aliphatic rings. The number of anilines is 1. The van der Waals surface area contributed by atoms with Crippen LogP contribution in [-0.4, -0.2) is 59.0 Å². The van der Waals surface area contributed by atoms with Crippen LogP contribution in [0.2, 0.25) is 10.0 Å². The number of rotatable bonds is 17. The second-order valence-electron chi connectivity index (χ2n) is 14.4. The second kappa shape index (κ2) is 19.9. The average Bonchev–Trinajstić information content (AvgIpc) is 3.84. The van der Waals surface area contributed by atoms with Gasteiger partial charge in [0.15, 0.2) is 11.6 Å². The number of unbranched alkanes of at least 4 members (excludes halogenated alkanes) is 1. The third-order valence-electron chi connectivity index (χ3n) is 10.1. The number of nitrogens with two attached hydrogens (primary N) is 1. The summed E-state index contributed by atoms with van der Waals surface area (Å²) in [7, 11) is 0. The first-order chi connectivity index (χ1) is 27.6. The van der Waals surface area contributed by atoms with E-state index in [1.54, 1.807) is 24.3 Å². The Labute approximate surface area is 341 Å². The van der Waals surface area contributed by atoms with Crippen LogP contribution in [-0.2, 0) is 35.6 Å². The molecule has 14 heteroatoms. The van der Waals surface area contributed by atoms with Crippen LogP contribution in [0, 0.1) is 11.6 Å². The normalized spacial score (nSPS) is 14.0. The maximum absolute atomic E-state index is 14.3. The zero-order valence-electron chi connectivity index (χ0n) is 31.5. The number of hydrogen-bond acceptors (Lipinski definition) is 5. The molecule has 0 unspecified atom stereocenters. The first kappa shape index (κ1) is 41.6. The molecule has 2 atom stereocenters. The van der Waals surface area contributed by atoms with Crippen molar-refractivity contribution in [3.63, 3.8) is 0 Å². The number of benzene rings is 4. The maximum Gasteiger partial charge on any atom is 0.319 e. The number of hydrogen-bond donors (Lipinski definition) is 5. The Morgan fingerprint density at radius 3 is 2.25 bits per heavy atom. The molecule has 4 aromatic carbocycles. The van der Waals surface area contributed by atoms with Crippen LogP contribution in [0.1, 0.15) is 54.4 Å². The lowest BCUT2D eigenvalue weighted by atomic mass is 10.0. The van der Waals surface area contributed by atoms with Crippen molar-refractivity contribution >= 4 is 57.6 Å². The lowest BCUT2D eigenvalue weighted by Gasteiger charge is -2.24. The van der Waals surface area contributed by atoms with Crippen molar-refractivity contribution in [2.45, 2.75) is 70.2 Å². The van der Waals surface area contributed by atoms with E-state index in [0.717, 1.165) is 72.2 Å². The summed E-state index contributed by atoms with van der Waals surface area (Å²) in [6.45, 7) is 3.87. The molecule has 0 spiro atoms. The average molecular weight is 819 g/mol. The molecule has 0 saturated carbocycles. The lowest BCUT2D eigenvalue weighted by Crippen LogP contribution is -2.55. The summed E-state index contributed by atoms with van der Waals surface area (Å²) in [5.41, 5.74) is 10.0. The molecule has 10 nitrogen and oxygen atoms in total.